The second-order valence-corrected chi connectivity index (χ2v) is 10.7. The molecule has 0 saturated carbocycles. The van der Waals surface area contributed by atoms with E-state index < -0.39 is 19.1 Å². The maximum atomic E-state index is 6.54. The molecular formula is C23H18Cl6O. The molecule has 0 bridgehead atoms. The van der Waals surface area contributed by atoms with Crippen LogP contribution < -0.4 is 0 Å². The fourth-order valence-electron chi connectivity index (χ4n) is 3.22. The van der Waals surface area contributed by atoms with Crippen molar-refractivity contribution in [1.29, 1.82) is 0 Å². The van der Waals surface area contributed by atoms with Gasteiger partial charge in [-0.15, -0.1) is 23.2 Å². The van der Waals surface area contributed by atoms with Crippen LogP contribution in [-0.4, -0.2) is 20.1 Å². The molecule has 0 unspecified atom stereocenters. The Bertz CT molecular complexity index is 833. The third-order valence-corrected chi connectivity index (χ3v) is 8.16. The fourth-order valence-corrected chi connectivity index (χ4v) is 4.26. The van der Waals surface area contributed by atoms with Crippen LogP contribution in [0, 0.1) is 0 Å². The normalized spacial score (nSPS) is 12.9. The van der Waals surface area contributed by atoms with E-state index in [1.165, 1.54) is 0 Å². The molecule has 0 amide bonds. The van der Waals surface area contributed by atoms with Crippen LogP contribution in [-0.2, 0) is 10.3 Å². The highest BCUT2D eigenvalue weighted by Crippen LogP contribution is 2.50. The van der Waals surface area contributed by atoms with Crippen LogP contribution in [0.25, 0.3) is 0 Å². The molecule has 3 rings (SSSR count). The van der Waals surface area contributed by atoms with Crippen molar-refractivity contribution in [3.8, 4) is 0 Å². The van der Waals surface area contributed by atoms with Gasteiger partial charge < -0.3 is 4.74 Å². The van der Waals surface area contributed by atoms with Gasteiger partial charge in [0, 0.05) is 0 Å². The molecule has 0 fully saturated rings. The predicted molar refractivity (Wildman–Crippen MR) is 130 cm³/mol. The zero-order chi connectivity index (χ0) is 21.8. The molecule has 0 spiro atoms. The minimum Gasteiger partial charge on any atom is -0.358 e. The van der Waals surface area contributed by atoms with Crippen LogP contribution in [0.3, 0.4) is 0 Å². The van der Waals surface area contributed by atoms with Gasteiger partial charge in [0.15, 0.2) is 8.67 Å². The lowest BCUT2D eigenvalue weighted by Gasteiger charge is -2.40. The molecule has 7 heteroatoms. The van der Waals surface area contributed by atoms with E-state index in [4.69, 9.17) is 74.3 Å². The van der Waals surface area contributed by atoms with Crippen LogP contribution in [0.15, 0.2) is 91.0 Å². The second kappa shape index (κ2) is 9.88. The summed E-state index contributed by atoms with van der Waals surface area (Å²) < 4.78 is 2.88. The Balaban J connectivity index is 2.17. The molecule has 3 aromatic carbocycles. The SMILES string of the molecule is ClC(Cl)C(Cl)(Cl)C(Cl)(Cl)COC(c1ccccc1)(c1ccccc1)c1ccccc1. The molecule has 30 heavy (non-hydrogen) atoms. The first kappa shape index (κ1) is 24.0. The molecule has 3 aromatic rings. The first-order chi connectivity index (χ1) is 14.2. The Kier molecular flexibility index (Phi) is 7.91. The molecule has 0 aliphatic carbocycles. The number of benzene rings is 3. The Hall–Kier alpha value is -0.640. The first-order valence-electron chi connectivity index (χ1n) is 9.06. The van der Waals surface area contributed by atoms with Crippen molar-refractivity contribution < 1.29 is 4.74 Å². The number of hydrogen-bond acceptors (Lipinski definition) is 1. The minimum absolute atomic E-state index is 0.252. The number of rotatable bonds is 8. The van der Waals surface area contributed by atoms with Crippen molar-refractivity contribution in [1.82, 2.24) is 0 Å². The van der Waals surface area contributed by atoms with Crippen LogP contribution in [0.5, 0.6) is 0 Å². The average molecular weight is 523 g/mol. The summed E-state index contributed by atoms with van der Waals surface area (Å²) in [6.07, 6.45) is 0. The molecule has 0 saturated heterocycles. The lowest BCUT2D eigenvalue weighted by molar-refractivity contribution is 0.00697. The van der Waals surface area contributed by atoms with E-state index in [0.29, 0.717) is 0 Å². The van der Waals surface area contributed by atoms with Crippen molar-refractivity contribution in [2.45, 2.75) is 19.1 Å². The van der Waals surface area contributed by atoms with Crippen molar-refractivity contribution in [2.75, 3.05) is 6.61 Å². The van der Waals surface area contributed by atoms with E-state index in [9.17, 15) is 0 Å². The van der Waals surface area contributed by atoms with Crippen molar-refractivity contribution >= 4 is 69.6 Å². The van der Waals surface area contributed by atoms with Crippen LogP contribution in [0.4, 0.5) is 0 Å². The van der Waals surface area contributed by atoms with E-state index in [1.807, 2.05) is 91.0 Å². The Morgan fingerprint density at radius 3 is 1.23 bits per heavy atom. The summed E-state index contributed by atoms with van der Waals surface area (Å²) in [5.74, 6) is 0. The molecule has 158 valence electrons. The topological polar surface area (TPSA) is 9.23 Å². The quantitative estimate of drug-likeness (QED) is 0.214. The molecular weight excluding hydrogens is 505 g/mol. The van der Waals surface area contributed by atoms with Gasteiger partial charge in [0.25, 0.3) is 0 Å². The molecule has 0 atom stereocenters. The van der Waals surface area contributed by atoms with Crippen molar-refractivity contribution in [3.63, 3.8) is 0 Å². The van der Waals surface area contributed by atoms with Gasteiger partial charge in [-0.2, -0.15) is 0 Å². The molecule has 0 aliphatic heterocycles. The van der Waals surface area contributed by atoms with Gasteiger partial charge >= 0.3 is 0 Å². The molecule has 0 radical (unpaired) electrons. The number of ether oxygens (including phenoxy) is 1. The summed E-state index contributed by atoms with van der Waals surface area (Å²) in [6, 6.07) is 29.3. The van der Waals surface area contributed by atoms with Gasteiger partial charge in [-0.05, 0) is 16.7 Å². The standard InChI is InChI=1S/C23H18Cl6O/c24-20(25)23(28,29)21(26,27)16-30-22(17-10-4-1-5-11-17,18-12-6-2-7-13-18)19-14-8-3-9-15-19/h1-15,20H,16H2. The lowest BCUT2D eigenvalue weighted by atomic mass is 9.80. The summed E-state index contributed by atoms with van der Waals surface area (Å²) >= 11 is 37.4. The largest absolute Gasteiger partial charge is 0.358 e. The maximum Gasteiger partial charge on any atom is 0.183 e. The van der Waals surface area contributed by atoms with E-state index >= 15 is 0 Å². The summed E-state index contributed by atoms with van der Waals surface area (Å²) in [5, 5.41) is 0. The van der Waals surface area contributed by atoms with Crippen LogP contribution in [0.1, 0.15) is 16.7 Å². The smallest absolute Gasteiger partial charge is 0.183 e. The third-order valence-electron chi connectivity index (χ3n) is 4.77. The number of halogens is 6. The fraction of sp³-hybridized carbons (Fsp3) is 0.217. The van der Waals surface area contributed by atoms with E-state index in [-0.39, 0.29) is 6.61 Å². The second-order valence-electron chi connectivity index (χ2n) is 6.70. The van der Waals surface area contributed by atoms with Gasteiger partial charge in [0.2, 0.25) is 0 Å². The monoisotopic (exact) mass is 520 g/mol. The Labute approximate surface area is 206 Å². The van der Waals surface area contributed by atoms with Gasteiger partial charge in [0.1, 0.15) is 10.4 Å². The van der Waals surface area contributed by atoms with Crippen molar-refractivity contribution in [2.24, 2.45) is 0 Å². The molecule has 1 nitrogen and oxygen atoms in total. The molecule has 0 aliphatic rings. The molecule has 0 heterocycles. The minimum atomic E-state index is -1.87. The highest BCUT2D eigenvalue weighted by Gasteiger charge is 2.53. The predicted octanol–water partition coefficient (Wildman–Crippen LogP) is 8.15. The van der Waals surface area contributed by atoms with Gasteiger partial charge in [-0.3, -0.25) is 0 Å². The summed E-state index contributed by atoms with van der Waals surface area (Å²) in [4.78, 5) is -1.24. The Morgan fingerprint density at radius 1 is 0.600 bits per heavy atom. The highest BCUT2D eigenvalue weighted by molar-refractivity contribution is 6.68. The maximum absolute atomic E-state index is 6.54. The van der Waals surface area contributed by atoms with Crippen LogP contribution in [0.2, 0.25) is 0 Å². The number of hydrogen-bond donors (Lipinski definition) is 0. The Morgan fingerprint density at radius 2 is 0.933 bits per heavy atom. The van der Waals surface area contributed by atoms with Gasteiger partial charge in [-0.25, -0.2) is 0 Å². The van der Waals surface area contributed by atoms with Crippen LogP contribution >= 0.6 is 69.6 Å². The zero-order valence-electron chi connectivity index (χ0n) is 15.6. The lowest BCUT2D eigenvalue weighted by Crippen LogP contribution is -2.47. The third kappa shape index (κ3) is 4.74. The highest BCUT2D eigenvalue weighted by atomic mass is 35.5. The van der Waals surface area contributed by atoms with Gasteiger partial charge in [-0.1, -0.05) is 137 Å². The molecule has 0 aromatic heterocycles. The van der Waals surface area contributed by atoms with E-state index in [1.54, 1.807) is 0 Å². The van der Waals surface area contributed by atoms with E-state index in [0.717, 1.165) is 16.7 Å². The average Bonchev–Trinajstić information content (AvgIpc) is 2.76. The molecule has 0 N–H and O–H groups in total. The summed E-state index contributed by atoms with van der Waals surface area (Å²) in [7, 11) is 0. The number of alkyl halides is 6. The summed E-state index contributed by atoms with van der Waals surface area (Å²) in [6.45, 7) is -0.252. The van der Waals surface area contributed by atoms with E-state index in [2.05, 4.69) is 0 Å². The summed E-state index contributed by atoms with van der Waals surface area (Å²) in [5.41, 5.74) is 1.62. The zero-order valence-corrected chi connectivity index (χ0v) is 20.2. The van der Waals surface area contributed by atoms with Gasteiger partial charge in [0.05, 0.1) is 6.61 Å². The first-order valence-corrected chi connectivity index (χ1v) is 11.4. The van der Waals surface area contributed by atoms with Crippen molar-refractivity contribution in [3.05, 3.63) is 108 Å².